The number of rotatable bonds is 11. The molecule has 2 saturated heterocycles. The van der Waals surface area contributed by atoms with E-state index in [9.17, 15) is 5.26 Å². The Morgan fingerprint density at radius 2 is 1.56 bits per heavy atom. The van der Waals surface area contributed by atoms with Crippen LogP contribution in [0.15, 0.2) is 42.5 Å². The minimum absolute atomic E-state index is 0.124. The van der Waals surface area contributed by atoms with Gasteiger partial charge in [-0.2, -0.15) is 10.5 Å². The van der Waals surface area contributed by atoms with Crippen LogP contribution in [0.25, 0.3) is 0 Å². The Morgan fingerprint density at radius 1 is 0.889 bits per heavy atom. The zero-order valence-corrected chi connectivity index (χ0v) is 21.4. The van der Waals surface area contributed by atoms with E-state index in [4.69, 9.17) is 19.5 Å². The fraction of sp³-hybridized carbons (Fsp3) is 0.517. The second-order valence-electron chi connectivity index (χ2n) is 9.89. The second kappa shape index (κ2) is 12.6. The number of methoxy groups -OCH3 is 2. The molecule has 2 aromatic rings. The quantitative estimate of drug-likeness (QED) is 0.456. The van der Waals surface area contributed by atoms with Crippen molar-refractivity contribution in [2.45, 2.75) is 31.8 Å². The van der Waals surface area contributed by atoms with Crippen LogP contribution in [-0.2, 0) is 0 Å². The number of nitriles is 2. The molecule has 0 spiro atoms. The van der Waals surface area contributed by atoms with Gasteiger partial charge in [-0.1, -0.05) is 12.1 Å². The van der Waals surface area contributed by atoms with E-state index in [1.807, 2.05) is 42.5 Å². The van der Waals surface area contributed by atoms with Gasteiger partial charge in [0.15, 0.2) is 11.5 Å². The van der Waals surface area contributed by atoms with E-state index in [2.05, 4.69) is 21.9 Å². The highest BCUT2D eigenvalue weighted by molar-refractivity contribution is 5.45. The molecule has 3 unspecified atom stereocenters. The van der Waals surface area contributed by atoms with Crippen molar-refractivity contribution in [1.82, 2.24) is 9.80 Å². The zero-order chi connectivity index (χ0) is 25.3. The molecule has 2 fully saturated rings. The summed E-state index contributed by atoms with van der Waals surface area (Å²) in [6, 6.07) is 17.8. The summed E-state index contributed by atoms with van der Waals surface area (Å²) in [5.74, 6) is 3.44. The average Bonchev–Trinajstić information content (AvgIpc) is 2.90. The Hall–Kier alpha value is -3.26. The molecule has 7 nitrogen and oxygen atoms in total. The van der Waals surface area contributed by atoms with Crippen LogP contribution in [0.1, 0.15) is 42.9 Å². The van der Waals surface area contributed by atoms with E-state index in [-0.39, 0.29) is 6.10 Å². The fourth-order valence-electron chi connectivity index (χ4n) is 5.69. The summed E-state index contributed by atoms with van der Waals surface area (Å²) in [6.07, 6.45) is 3.72. The number of piperidine rings is 2. The van der Waals surface area contributed by atoms with Crippen LogP contribution < -0.4 is 14.2 Å². The van der Waals surface area contributed by atoms with Crippen LogP contribution in [0.2, 0.25) is 0 Å². The Bertz CT molecular complexity index is 1060. The first-order valence-corrected chi connectivity index (χ1v) is 12.8. The maximum atomic E-state index is 9.19. The molecule has 36 heavy (non-hydrogen) atoms. The normalized spacial score (nSPS) is 20.7. The van der Waals surface area contributed by atoms with Crippen molar-refractivity contribution >= 4 is 0 Å². The molecule has 0 radical (unpaired) electrons. The summed E-state index contributed by atoms with van der Waals surface area (Å²) >= 11 is 0. The summed E-state index contributed by atoms with van der Waals surface area (Å²) in [5.41, 5.74) is 1.71. The van der Waals surface area contributed by atoms with Crippen molar-refractivity contribution < 1.29 is 14.2 Å². The SMILES string of the molecule is COc1ccc(OC(CCCN2CC3CC(CN(CCC#N)C3)C2)c2ccc(C#N)cc2)cc1OC. The van der Waals surface area contributed by atoms with Gasteiger partial charge in [-0.25, -0.2) is 0 Å². The highest BCUT2D eigenvalue weighted by Gasteiger charge is 2.33. The maximum Gasteiger partial charge on any atom is 0.164 e. The number of nitrogens with zero attached hydrogens (tertiary/aromatic N) is 4. The lowest BCUT2D eigenvalue weighted by Gasteiger charge is -2.46. The Labute approximate surface area is 214 Å². The summed E-state index contributed by atoms with van der Waals surface area (Å²) in [7, 11) is 3.24. The van der Waals surface area contributed by atoms with E-state index >= 15 is 0 Å². The predicted octanol–water partition coefficient (Wildman–Crippen LogP) is 4.64. The Balaban J connectivity index is 1.38. The van der Waals surface area contributed by atoms with E-state index in [1.54, 1.807) is 14.2 Å². The number of likely N-dealkylation sites (tertiary alicyclic amines) is 2. The van der Waals surface area contributed by atoms with E-state index < -0.39 is 0 Å². The molecule has 0 saturated carbocycles. The number of fused-ring (bicyclic) bond motifs is 2. The second-order valence-corrected chi connectivity index (χ2v) is 9.89. The molecule has 2 aliphatic heterocycles. The predicted molar refractivity (Wildman–Crippen MR) is 138 cm³/mol. The van der Waals surface area contributed by atoms with Crippen molar-refractivity contribution in [3.8, 4) is 29.4 Å². The summed E-state index contributed by atoms with van der Waals surface area (Å²) in [4.78, 5) is 5.10. The van der Waals surface area contributed by atoms with Crippen LogP contribution in [-0.4, -0.2) is 63.3 Å². The number of ether oxygens (including phenoxy) is 3. The number of hydrogen-bond donors (Lipinski definition) is 0. The van der Waals surface area contributed by atoms with Gasteiger partial charge >= 0.3 is 0 Å². The molecule has 2 aliphatic rings. The van der Waals surface area contributed by atoms with E-state index in [0.717, 1.165) is 63.4 Å². The highest BCUT2D eigenvalue weighted by Crippen LogP contribution is 2.35. The molecule has 0 N–H and O–H groups in total. The molecule has 2 bridgehead atoms. The van der Waals surface area contributed by atoms with Crippen molar-refractivity contribution in [2.24, 2.45) is 11.8 Å². The number of hydrogen-bond acceptors (Lipinski definition) is 7. The van der Waals surface area contributed by atoms with Crippen LogP contribution >= 0.6 is 0 Å². The molecule has 3 atom stereocenters. The summed E-state index contributed by atoms with van der Waals surface area (Å²) in [6.45, 7) is 6.46. The lowest BCUT2D eigenvalue weighted by molar-refractivity contribution is 0.0302. The Kier molecular flexibility index (Phi) is 9.06. The third-order valence-corrected chi connectivity index (χ3v) is 7.26. The topological polar surface area (TPSA) is 81.8 Å². The molecular formula is C29H36N4O3. The fourth-order valence-corrected chi connectivity index (χ4v) is 5.69. The minimum atomic E-state index is -0.124. The van der Waals surface area contributed by atoms with Gasteiger partial charge in [0, 0.05) is 45.2 Å². The molecule has 4 rings (SSSR count). The van der Waals surface area contributed by atoms with Crippen LogP contribution in [0.3, 0.4) is 0 Å². The zero-order valence-electron chi connectivity index (χ0n) is 21.4. The molecule has 0 aromatic heterocycles. The van der Waals surface area contributed by atoms with E-state index in [0.29, 0.717) is 35.3 Å². The van der Waals surface area contributed by atoms with Crippen LogP contribution in [0.5, 0.6) is 17.2 Å². The first-order chi connectivity index (χ1) is 17.6. The van der Waals surface area contributed by atoms with Crippen molar-refractivity contribution in [1.29, 1.82) is 10.5 Å². The monoisotopic (exact) mass is 488 g/mol. The lowest BCUT2D eigenvalue weighted by atomic mass is 9.84. The molecule has 0 amide bonds. The van der Waals surface area contributed by atoms with Crippen molar-refractivity contribution in [3.63, 3.8) is 0 Å². The summed E-state index contributed by atoms with van der Waals surface area (Å²) in [5, 5.41) is 18.1. The largest absolute Gasteiger partial charge is 0.493 e. The molecule has 2 heterocycles. The molecule has 190 valence electrons. The molecule has 2 aromatic carbocycles. The van der Waals surface area contributed by atoms with Gasteiger partial charge in [0.05, 0.1) is 31.9 Å². The van der Waals surface area contributed by atoms with Crippen LogP contribution in [0.4, 0.5) is 0 Å². The van der Waals surface area contributed by atoms with E-state index in [1.165, 1.54) is 6.42 Å². The average molecular weight is 489 g/mol. The minimum Gasteiger partial charge on any atom is -0.493 e. The van der Waals surface area contributed by atoms with Gasteiger partial charge in [0.25, 0.3) is 0 Å². The Morgan fingerprint density at radius 3 is 2.17 bits per heavy atom. The molecule has 7 heteroatoms. The first-order valence-electron chi connectivity index (χ1n) is 12.8. The maximum absolute atomic E-state index is 9.19. The van der Waals surface area contributed by atoms with Crippen molar-refractivity contribution in [2.75, 3.05) is 53.5 Å². The van der Waals surface area contributed by atoms with Gasteiger partial charge < -0.3 is 24.0 Å². The standard InChI is InChI=1S/C29H36N4O3/c1-34-28-11-10-26(16-29(28)35-2)36-27(25-8-6-22(17-31)7-9-25)5-3-13-32-18-23-15-24(19-32)21-33(20-23)14-4-12-30/h6-11,16,23-24,27H,3-5,13-15,18-21H2,1-2H3. The molecular weight excluding hydrogens is 452 g/mol. The highest BCUT2D eigenvalue weighted by atomic mass is 16.5. The van der Waals surface area contributed by atoms with Gasteiger partial charge in [0.1, 0.15) is 11.9 Å². The van der Waals surface area contributed by atoms with Gasteiger partial charge in [-0.3, -0.25) is 0 Å². The smallest absolute Gasteiger partial charge is 0.164 e. The molecule has 0 aliphatic carbocycles. The lowest BCUT2D eigenvalue weighted by Crippen LogP contribution is -2.52. The third-order valence-electron chi connectivity index (χ3n) is 7.26. The number of benzene rings is 2. The third kappa shape index (κ3) is 6.69. The van der Waals surface area contributed by atoms with Gasteiger partial charge in [-0.15, -0.1) is 0 Å². The van der Waals surface area contributed by atoms with Crippen LogP contribution in [0, 0.1) is 34.5 Å². The van der Waals surface area contributed by atoms with Crippen molar-refractivity contribution in [3.05, 3.63) is 53.6 Å². The summed E-state index contributed by atoms with van der Waals surface area (Å²) < 4.78 is 17.3. The first kappa shape index (κ1) is 25.8. The van der Waals surface area contributed by atoms with Gasteiger partial charge in [0.2, 0.25) is 0 Å². The van der Waals surface area contributed by atoms with Gasteiger partial charge in [-0.05, 0) is 67.5 Å².